The highest BCUT2D eigenvalue weighted by molar-refractivity contribution is 5.96. The maximum absolute atomic E-state index is 11.9. The summed E-state index contributed by atoms with van der Waals surface area (Å²) in [6, 6.07) is 3.00. The highest BCUT2D eigenvalue weighted by atomic mass is 16.6. The van der Waals surface area contributed by atoms with Crippen molar-refractivity contribution in [1.82, 2.24) is 10.6 Å². The normalized spacial score (nSPS) is 11.5. The number of hydrogen-bond donors (Lipinski definition) is 2. The fourth-order valence-electron chi connectivity index (χ4n) is 1.63. The molecule has 0 heterocycles. The van der Waals surface area contributed by atoms with E-state index in [2.05, 4.69) is 10.6 Å². The molecule has 0 aromatic heterocycles. The first-order valence-electron chi connectivity index (χ1n) is 6.85. The van der Waals surface area contributed by atoms with Gasteiger partial charge in [-0.3, -0.25) is 20.2 Å². The van der Waals surface area contributed by atoms with Gasteiger partial charge in [-0.15, -0.1) is 0 Å². The number of amides is 3. The number of imide groups is 1. The molecule has 0 saturated carbocycles. The van der Waals surface area contributed by atoms with E-state index in [1.165, 1.54) is 26.2 Å². The molecule has 1 aromatic carbocycles. The van der Waals surface area contributed by atoms with E-state index < -0.39 is 23.0 Å². The van der Waals surface area contributed by atoms with Crippen molar-refractivity contribution in [3.8, 4) is 11.5 Å². The number of non-ortho nitro benzene ring substituents is 1. The van der Waals surface area contributed by atoms with Crippen molar-refractivity contribution in [3.63, 3.8) is 0 Å². The zero-order chi connectivity index (χ0) is 17.6. The third kappa shape index (κ3) is 5.46. The molecule has 9 heteroatoms. The molecule has 9 nitrogen and oxygen atoms in total. The highest BCUT2D eigenvalue weighted by Crippen LogP contribution is 2.31. The fourth-order valence-corrected chi connectivity index (χ4v) is 1.63. The number of methoxy groups -OCH3 is 1. The van der Waals surface area contributed by atoms with Crippen molar-refractivity contribution in [1.29, 1.82) is 0 Å². The van der Waals surface area contributed by atoms with Crippen molar-refractivity contribution in [2.24, 2.45) is 0 Å². The van der Waals surface area contributed by atoms with Crippen LogP contribution in [0.3, 0.4) is 0 Å². The lowest BCUT2D eigenvalue weighted by atomic mass is 10.2. The van der Waals surface area contributed by atoms with Crippen LogP contribution in [0.4, 0.5) is 10.5 Å². The van der Waals surface area contributed by atoms with Crippen molar-refractivity contribution < 1.29 is 24.0 Å². The molecule has 0 aliphatic rings. The van der Waals surface area contributed by atoms with Gasteiger partial charge in [0.05, 0.1) is 18.1 Å². The average Bonchev–Trinajstić information content (AvgIpc) is 2.45. The Morgan fingerprint density at radius 2 is 1.87 bits per heavy atom. The van der Waals surface area contributed by atoms with Crippen molar-refractivity contribution in [2.75, 3.05) is 7.11 Å². The van der Waals surface area contributed by atoms with Gasteiger partial charge in [0.1, 0.15) is 0 Å². The number of ether oxygens (including phenoxy) is 2. The Bertz CT molecular complexity index is 602. The van der Waals surface area contributed by atoms with E-state index >= 15 is 0 Å². The number of nitro groups is 1. The third-order valence-electron chi connectivity index (χ3n) is 2.69. The van der Waals surface area contributed by atoms with E-state index in [1.54, 1.807) is 13.8 Å². The molecular formula is C14H19N3O6. The number of nitrogens with one attached hydrogen (secondary N) is 2. The molecular weight excluding hydrogens is 306 g/mol. The first-order chi connectivity index (χ1) is 10.7. The molecule has 23 heavy (non-hydrogen) atoms. The van der Waals surface area contributed by atoms with E-state index in [-0.39, 0.29) is 23.2 Å². The van der Waals surface area contributed by atoms with E-state index in [1.807, 2.05) is 0 Å². The molecule has 0 saturated heterocycles. The summed E-state index contributed by atoms with van der Waals surface area (Å²) in [6.07, 6.45) is -1.05. The molecule has 1 atom stereocenters. The Hall–Kier alpha value is -2.84. The van der Waals surface area contributed by atoms with Crippen molar-refractivity contribution in [2.45, 2.75) is 32.9 Å². The maximum Gasteiger partial charge on any atom is 0.321 e. The summed E-state index contributed by atoms with van der Waals surface area (Å²) >= 11 is 0. The van der Waals surface area contributed by atoms with Crippen LogP contribution in [-0.2, 0) is 4.79 Å². The number of hydrogen-bond acceptors (Lipinski definition) is 6. The predicted molar refractivity (Wildman–Crippen MR) is 81.5 cm³/mol. The minimum absolute atomic E-state index is 0.0358. The molecule has 3 amide bonds. The standard InChI is InChI=1S/C14H19N3O6/c1-8(2)15-14(19)16-13(18)9(3)23-12-7-10(17(20)21)5-6-11(12)22-4/h5-9H,1-4H3,(H2,15,16,18,19)/t9-/m1/s1. The minimum Gasteiger partial charge on any atom is -0.493 e. The average molecular weight is 325 g/mol. The number of nitro benzene ring substituents is 1. The van der Waals surface area contributed by atoms with Crippen molar-refractivity contribution >= 4 is 17.6 Å². The third-order valence-corrected chi connectivity index (χ3v) is 2.69. The summed E-state index contributed by atoms with van der Waals surface area (Å²) in [5, 5.41) is 15.4. The number of rotatable bonds is 6. The maximum atomic E-state index is 11.9. The first-order valence-corrected chi connectivity index (χ1v) is 6.85. The Morgan fingerprint density at radius 1 is 1.22 bits per heavy atom. The van der Waals surface area contributed by atoms with Gasteiger partial charge in [0.15, 0.2) is 17.6 Å². The lowest BCUT2D eigenvalue weighted by molar-refractivity contribution is -0.385. The van der Waals surface area contributed by atoms with Gasteiger partial charge in [0.25, 0.3) is 11.6 Å². The quantitative estimate of drug-likeness (QED) is 0.605. The Morgan fingerprint density at radius 3 is 2.39 bits per heavy atom. The van der Waals surface area contributed by atoms with Gasteiger partial charge >= 0.3 is 6.03 Å². The number of nitrogens with zero attached hydrogens (tertiary/aromatic N) is 1. The second-order valence-electron chi connectivity index (χ2n) is 4.97. The van der Waals surface area contributed by atoms with E-state index in [0.29, 0.717) is 0 Å². The van der Waals surface area contributed by atoms with Crippen LogP contribution in [0.2, 0.25) is 0 Å². The lowest BCUT2D eigenvalue weighted by Crippen LogP contribution is -2.47. The molecule has 0 unspecified atom stereocenters. The Balaban J connectivity index is 2.81. The summed E-state index contributed by atoms with van der Waals surface area (Å²) in [5.41, 5.74) is -0.203. The van der Waals surface area contributed by atoms with E-state index in [0.717, 1.165) is 6.07 Å². The molecule has 0 aliphatic heterocycles. The molecule has 2 N–H and O–H groups in total. The van der Waals surface area contributed by atoms with Crippen LogP contribution in [0.5, 0.6) is 11.5 Å². The molecule has 126 valence electrons. The van der Waals surface area contributed by atoms with Gasteiger partial charge in [0.2, 0.25) is 0 Å². The van der Waals surface area contributed by atoms with Crippen LogP contribution in [0.25, 0.3) is 0 Å². The summed E-state index contributed by atoms with van der Waals surface area (Å²) < 4.78 is 10.4. The van der Waals surface area contributed by atoms with Gasteiger partial charge in [-0.25, -0.2) is 4.79 Å². The topological polar surface area (TPSA) is 120 Å². The summed E-state index contributed by atoms with van der Waals surface area (Å²) in [4.78, 5) is 33.6. The van der Waals surface area contributed by atoms with Crippen LogP contribution in [-0.4, -0.2) is 36.1 Å². The smallest absolute Gasteiger partial charge is 0.321 e. The molecule has 0 radical (unpaired) electrons. The molecule has 0 spiro atoms. The highest BCUT2D eigenvalue weighted by Gasteiger charge is 2.21. The second-order valence-corrected chi connectivity index (χ2v) is 4.97. The first kappa shape index (κ1) is 18.2. The van der Waals surface area contributed by atoms with Crippen LogP contribution < -0.4 is 20.1 Å². The van der Waals surface area contributed by atoms with Crippen LogP contribution in [0.15, 0.2) is 18.2 Å². The molecule has 1 rings (SSSR count). The monoisotopic (exact) mass is 325 g/mol. The minimum atomic E-state index is -1.05. The van der Waals surface area contributed by atoms with E-state index in [4.69, 9.17) is 9.47 Å². The number of carbonyl (C=O) groups excluding carboxylic acids is 2. The lowest BCUT2D eigenvalue weighted by Gasteiger charge is -2.16. The zero-order valence-electron chi connectivity index (χ0n) is 13.3. The number of urea groups is 1. The van der Waals surface area contributed by atoms with Gasteiger partial charge in [-0.05, 0) is 26.8 Å². The predicted octanol–water partition coefficient (Wildman–Crippen LogP) is 1.60. The van der Waals surface area contributed by atoms with Gasteiger partial charge < -0.3 is 14.8 Å². The molecule has 0 bridgehead atoms. The zero-order valence-corrected chi connectivity index (χ0v) is 13.3. The Kier molecular flexibility index (Phi) is 6.31. The van der Waals surface area contributed by atoms with Crippen molar-refractivity contribution in [3.05, 3.63) is 28.3 Å². The molecule has 0 fully saturated rings. The Labute approximate surface area is 133 Å². The van der Waals surface area contributed by atoms with E-state index in [9.17, 15) is 19.7 Å². The van der Waals surface area contributed by atoms with Gasteiger partial charge in [0, 0.05) is 12.1 Å². The van der Waals surface area contributed by atoms with Crippen LogP contribution >= 0.6 is 0 Å². The second kappa shape index (κ2) is 7.97. The summed E-state index contributed by atoms with van der Waals surface area (Å²) in [5.74, 6) is -0.410. The molecule has 0 aliphatic carbocycles. The fraction of sp³-hybridized carbons (Fsp3) is 0.429. The SMILES string of the molecule is COc1ccc([N+](=O)[O-])cc1O[C@H](C)C(=O)NC(=O)NC(C)C. The van der Waals surface area contributed by atoms with Crippen LogP contribution in [0, 0.1) is 10.1 Å². The molecule has 1 aromatic rings. The number of carbonyl (C=O) groups is 2. The van der Waals surface area contributed by atoms with Gasteiger partial charge in [-0.2, -0.15) is 0 Å². The number of benzene rings is 1. The summed E-state index contributed by atoms with van der Waals surface area (Å²) in [6.45, 7) is 4.91. The van der Waals surface area contributed by atoms with Gasteiger partial charge in [-0.1, -0.05) is 0 Å². The van der Waals surface area contributed by atoms with Crippen LogP contribution in [0.1, 0.15) is 20.8 Å². The summed E-state index contributed by atoms with van der Waals surface area (Å²) in [7, 11) is 1.37. The largest absolute Gasteiger partial charge is 0.493 e.